The highest BCUT2D eigenvalue weighted by Crippen LogP contribution is 2.12. The van der Waals surface area contributed by atoms with E-state index in [2.05, 4.69) is 6.92 Å². The van der Waals surface area contributed by atoms with Crippen LogP contribution in [0.25, 0.3) is 0 Å². The summed E-state index contributed by atoms with van der Waals surface area (Å²) in [6.45, 7) is 2.12. The first kappa shape index (κ1) is 12.8. The lowest BCUT2D eigenvalue weighted by Crippen LogP contribution is -1.96. The lowest BCUT2D eigenvalue weighted by atomic mass is 10.0. The summed E-state index contributed by atoms with van der Waals surface area (Å²) in [5, 5.41) is 16.8. The lowest BCUT2D eigenvalue weighted by molar-refractivity contribution is 0.475. The number of hydrogen-bond acceptors (Lipinski definition) is 2. The molecule has 88 valence electrons. The summed E-state index contributed by atoms with van der Waals surface area (Å²) in [6.07, 6.45) is 6.22. The molecule has 1 aromatic rings. The van der Waals surface area contributed by atoms with E-state index in [0.29, 0.717) is 5.75 Å². The first-order valence-electron chi connectivity index (χ1n) is 6.06. The zero-order valence-electron chi connectivity index (χ0n) is 10.00. The summed E-state index contributed by atoms with van der Waals surface area (Å²) in [4.78, 5) is 0. The van der Waals surface area contributed by atoms with Gasteiger partial charge in [-0.05, 0) is 49.8 Å². The monoisotopic (exact) mass is 219 g/mol. The number of phenols is 1. The van der Waals surface area contributed by atoms with E-state index in [1.165, 1.54) is 5.56 Å². The van der Waals surface area contributed by atoms with Gasteiger partial charge >= 0.3 is 0 Å². The average Bonchev–Trinajstić information content (AvgIpc) is 2.27. The van der Waals surface area contributed by atoms with Crippen LogP contribution in [0.15, 0.2) is 24.3 Å². The number of benzene rings is 1. The van der Waals surface area contributed by atoms with E-state index in [4.69, 9.17) is 10.5 Å². The zero-order valence-corrected chi connectivity index (χ0v) is 10.00. The second-order valence-electron chi connectivity index (χ2n) is 4.23. The molecule has 0 amide bonds. The minimum Gasteiger partial charge on any atom is -0.508 e. The fourth-order valence-electron chi connectivity index (χ4n) is 1.76. The third kappa shape index (κ3) is 4.96. The van der Waals surface area contributed by atoms with Crippen molar-refractivity contribution in [2.75, 3.05) is 0 Å². The molecule has 2 heteroatoms. The molecule has 0 spiro atoms. The Labute approximate surface area is 97.8 Å². The summed E-state index contributed by atoms with van der Waals surface area (Å²) >= 11 is 0. The molecule has 1 rings (SSSR count). The van der Waals surface area contributed by atoms with Crippen LogP contribution < -0.4 is 0 Å². The Morgan fingerprint density at radius 1 is 1.12 bits per heavy atom. The van der Waals surface area contributed by atoms with Crippen molar-refractivity contribution in [3.63, 3.8) is 0 Å². The van der Waals surface area contributed by atoms with Crippen LogP contribution in [0.5, 0.6) is 5.75 Å². The van der Waals surface area contributed by atoms with Crippen LogP contribution in [-0.2, 0) is 6.42 Å². The Morgan fingerprint density at radius 3 is 2.44 bits per heavy atom. The van der Waals surface area contributed by atoms with Crippen LogP contribution in [0.3, 0.4) is 0 Å². The molecule has 0 heterocycles. The molecule has 0 aromatic heterocycles. The van der Waals surface area contributed by atoms with Gasteiger partial charge in [0.25, 0.3) is 0 Å². The van der Waals surface area contributed by atoms with E-state index in [0.717, 1.165) is 44.2 Å². The second-order valence-corrected chi connectivity index (χ2v) is 4.23. The Bertz CT molecular complexity index is 316. The molecule has 0 aliphatic heterocycles. The van der Waals surface area contributed by atoms with Crippen LogP contribution >= 0.6 is 0 Å². The summed E-state index contributed by atoms with van der Waals surface area (Å²) in [5.74, 6) is 0.327. The molecule has 0 radical (unpaired) electrons. The number of rotatable bonds is 7. The van der Waals surface area contributed by atoms with Gasteiger partial charge in [-0.1, -0.05) is 25.5 Å². The van der Waals surface area contributed by atoms with Gasteiger partial charge in [0.2, 0.25) is 0 Å². The summed E-state index contributed by atoms with van der Waals surface area (Å²) in [5.41, 5.74) is 2.15. The second kappa shape index (κ2) is 7.04. The third-order valence-electron chi connectivity index (χ3n) is 2.68. The van der Waals surface area contributed by atoms with E-state index in [9.17, 15) is 0 Å². The van der Waals surface area contributed by atoms with Crippen molar-refractivity contribution in [2.24, 2.45) is 0 Å². The molecule has 1 aromatic carbocycles. The zero-order chi connectivity index (χ0) is 11.8. The number of nitrogens with one attached hydrogen (secondary N) is 1. The van der Waals surface area contributed by atoms with Crippen LogP contribution in [0, 0.1) is 5.41 Å². The summed E-state index contributed by atoms with van der Waals surface area (Å²) in [6, 6.07) is 7.39. The van der Waals surface area contributed by atoms with E-state index < -0.39 is 0 Å². The number of aromatic hydroxyl groups is 1. The maximum absolute atomic E-state index is 9.13. The molecule has 0 fully saturated rings. The number of unbranched alkanes of at least 4 members (excludes halogenated alkanes) is 1. The molecule has 2 N–H and O–H groups in total. The SMILES string of the molecule is CCCC(=N)CCCCc1ccc(O)cc1. The number of aryl methyl sites for hydroxylation is 1. The third-order valence-corrected chi connectivity index (χ3v) is 2.68. The predicted molar refractivity (Wildman–Crippen MR) is 68.3 cm³/mol. The van der Waals surface area contributed by atoms with Gasteiger partial charge in [-0.3, -0.25) is 0 Å². The quantitative estimate of drug-likeness (QED) is 0.529. The first-order valence-corrected chi connectivity index (χ1v) is 6.06. The van der Waals surface area contributed by atoms with E-state index in [-0.39, 0.29) is 0 Å². The fourth-order valence-corrected chi connectivity index (χ4v) is 1.76. The molecule has 0 bridgehead atoms. The maximum atomic E-state index is 9.13. The Hall–Kier alpha value is -1.31. The van der Waals surface area contributed by atoms with Crippen molar-refractivity contribution in [3.8, 4) is 5.75 Å². The summed E-state index contributed by atoms with van der Waals surface area (Å²) in [7, 11) is 0. The van der Waals surface area contributed by atoms with Crippen LogP contribution in [0.4, 0.5) is 0 Å². The van der Waals surface area contributed by atoms with Gasteiger partial charge in [0, 0.05) is 5.71 Å². The van der Waals surface area contributed by atoms with Gasteiger partial charge < -0.3 is 10.5 Å². The molecule has 0 aliphatic carbocycles. The van der Waals surface area contributed by atoms with Crippen molar-refractivity contribution in [3.05, 3.63) is 29.8 Å². The van der Waals surface area contributed by atoms with Crippen molar-refractivity contribution in [1.82, 2.24) is 0 Å². The molecular weight excluding hydrogens is 198 g/mol. The topological polar surface area (TPSA) is 44.1 Å². The van der Waals surface area contributed by atoms with E-state index >= 15 is 0 Å². The molecule has 16 heavy (non-hydrogen) atoms. The van der Waals surface area contributed by atoms with Crippen LogP contribution in [0.1, 0.15) is 44.6 Å². The number of hydrogen-bond donors (Lipinski definition) is 2. The molecule has 0 saturated heterocycles. The highest BCUT2D eigenvalue weighted by atomic mass is 16.3. The molecule has 0 saturated carbocycles. The van der Waals surface area contributed by atoms with Crippen molar-refractivity contribution >= 4 is 5.71 Å². The maximum Gasteiger partial charge on any atom is 0.115 e. The van der Waals surface area contributed by atoms with Gasteiger partial charge in [0.1, 0.15) is 5.75 Å². The van der Waals surface area contributed by atoms with Gasteiger partial charge in [-0.15, -0.1) is 0 Å². The van der Waals surface area contributed by atoms with Gasteiger partial charge in [-0.2, -0.15) is 0 Å². The predicted octanol–water partition coefficient (Wildman–Crippen LogP) is 3.92. The first-order chi connectivity index (χ1) is 7.72. The van der Waals surface area contributed by atoms with Gasteiger partial charge in [-0.25, -0.2) is 0 Å². The van der Waals surface area contributed by atoms with E-state index in [1.807, 2.05) is 12.1 Å². The molecule has 0 unspecified atom stereocenters. The minimum absolute atomic E-state index is 0.327. The standard InChI is InChI=1S/C14H21NO/c1-2-5-13(15)7-4-3-6-12-8-10-14(16)11-9-12/h8-11,15-16H,2-7H2,1H3. The molecule has 2 nitrogen and oxygen atoms in total. The summed E-state index contributed by atoms with van der Waals surface area (Å²) < 4.78 is 0. The van der Waals surface area contributed by atoms with Crippen molar-refractivity contribution in [2.45, 2.75) is 45.4 Å². The Kier molecular flexibility index (Phi) is 5.62. The van der Waals surface area contributed by atoms with Crippen molar-refractivity contribution in [1.29, 1.82) is 5.41 Å². The highest BCUT2D eigenvalue weighted by molar-refractivity contribution is 5.81. The van der Waals surface area contributed by atoms with Gasteiger partial charge in [0.05, 0.1) is 0 Å². The lowest BCUT2D eigenvalue weighted by Gasteiger charge is -2.03. The Balaban J connectivity index is 2.16. The number of phenolic OH excluding ortho intramolecular Hbond substituents is 1. The van der Waals surface area contributed by atoms with Gasteiger partial charge in [0.15, 0.2) is 0 Å². The average molecular weight is 219 g/mol. The minimum atomic E-state index is 0.327. The van der Waals surface area contributed by atoms with Crippen LogP contribution in [0.2, 0.25) is 0 Å². The molecular formula is C14H21NO. The Morgan fingerprint density at radius 2 is 1.81 bits per heavy atom. The molecule has 0 aliphatic rings. The normalized spacial score (nSPS) is 10.3. The fraction of sp³-hybridized carbons (Fsp3) is 0.500. The molecule has 0 atom stereocenters. The van der Waals surface area contributed by atoms with E-state index in [1.54, 1.807) is 12.1 Å². The van der Waals surface area contributed by atoms with Crippen molar-refractivity contribution < 1.29 is 5.11 Å². The largest absolute Gasteiger partial charge is 0.508 e. The smallest absolute Gasteiger partial charge is 0.115 e. The highest BCUT2D eigenvalue weighted by Gasteiger charge is 1.97. The van der Waals surface area contributed by atoms with Crippen LogP contribution in [-0.4, -0.2) is 10.8 Å².